The molecule has 4 aliphatic rings. The van der Waals surface area contributed by atoms with Gasteiger partial charge in [-0.25, -0.2) is 0 Å². The third-order valence-electron chi connectivity index (χ3n) is 10.2. The van der Waals surface area contributed by atoms with Crippen molar-refractivity contribution < 1.29 is 53.6 Å². The van der Waals surface area contributed by atoms with Crippen molar-refractivity contribution in [2.24, 2.45) is 29.6 Å². The first-order valence-electron chi connectivity index (χ1n) is 16.3. The number of phenolic OH excluding ortho intramolecular Hbond substituents is 1. The standard InChI is InChI=1S/C34H42N2O11/c1-46-18-15-23(37)30(24(16-18)47-2)28-19-11-12-20-27(33(44)35(31(20)42)13-7-3-5-9-25(38)39)21(19)17-22-29(28)34(45)36(32(22)43)14-8-4-6-10-26(40)41/h11,15-16,20-22,27-29,37H,3-10,12-14,17H2,1-2H3,(H,38,39)(H,40,41). The molecule has 6 unspecified atom stereocenters. The lowest BCUT2D eigenvalue weighted by atomic mass is 9.57. The maximum absolute atomic E-state index is 14.1. The maximum atomic E-state index is 14.1. The number of nitrogens with zero attached hydrogens (tertiary/aromatic N) is 2. The summed E-state index contributed by atoms with van der Waals surface area (Å²) >= 11 is 0. The molecule has 1 saturated carbocycles. The number of phenols is 1. The molecule has 0 spiro atoms. The zero-order valence-electron chi connectivity index (χ0n) is 26.7. The number of methoxy groups -OCH3 is 2. The summed E-state index contributed by atoms with van der Waals surface area (Å²) in [6, 6.07) is 3.01. The zero-order chi connectivity index (χ0) is 34.0. The number of imide groups is 2. The first kappa shape index (κ1) is 33.9. The Bertz CT molecular complexity index is 1490. The molecule has 2 heterocycles. The summed E-state index contributed by atoms with van der Waals surface area (Å²) < 4.78 is 11.0. The molecular formula is C34H42N2O11. The topological polar surface area (TPSA) is 188 Å². The molecule has 6 atom stereocenters. The van der Waals surface area contributed by atoms with Gasteiger partial charge in [0.25, 0.3) is 0 Å². The van der Waals surface area contributed by atoms with Crippen molar-refractivity contribution in [3.05, 3.63) is 29.3 Å². The number of fused-ring (bicyclic) bond motifs is 4. The third-order valence-corrected chi connectivity index (χ3v) is 10.2. The van der Waals surface area contributed by atoms with Crippen LogP contribution in [-0.4, -0.2) is 88.0 Å². The summed E-state index contributed by atoms with van der Waals surface area (Å²) in [5.41, 5.74) is 1.04. The van der Waals surface area contributed by atoms with Crippen LogP contribution in [0.1, 0.15) is 75.7 Å². The van der Waals surface area contributed by atoms with E-state index in [4.69, 9.17) is 19.7 Å². The number of rotatable bonds is 15. The minimum Gasteiger partial charge on any atom is -0.507 e. The van der Waals surface area contributed by atoms with Gasteiger partial charge in [-0.05, 0) is 44.4 Å². The number of aliphatic carboxylic acids is 2. The van der Waals surface area contributed by atoms with E-state index in [1.165, 1.54) is 30.1 Å². The van der Waals surface area contributed by atoms with Crippen molar-refractivity contribution in [3.8, 4) is 17.2 Å². The van der Waals surface area contributed by atoms with Gasteiger partial charge < -0.3 is 24.8 Å². The van der Waals surface area contributed by atoms with E-state index < -0.39 is 53.4 Å². The van der Waals surface area contributed by atoms with Crippen LogP contribution in [0.25, 0.3) is 0 Å². The number of hydrogen-bond donors (Lipinski definition) is 3. The number of carbonyl (C=O) groups is 6. The Morgan fingerprint density at radius 3 is 1.87 bits per heavy atom. The Balaban J connectivity index is 1.47. The SMILES string of the molecule is COc1cc(O)c(C2C3=CCC4C(=O)N(CCCCCC(=O)O)C(=O)C4C3CC3C(=O)N(CCCCCC(=O)O)C(=O)C32)c(OC)c1. The highest BCUT2D eigenvalue weighted by atomic mass is 16.5. The first-order valence-corrected chi connectivity index (χ1v) is 16.3. The lowest BCUT2D eigenvalue weighted by molar-refractivity contribution is -0.142. The smallest absolute Gasteiger partial charge is 0.303 e. The zero-order valence-corrected chi connectivity index (χ0v) is 26.7. The molecular weight excluding hydrogens is 612 g/mol. The number of ether oxygens (including phenoxy) is 2. The van der Waals surface area contributed by atoms with Crippen molar-refractivity contribution in [2.45, 2.75) is 70.1 Å². The summed E-state index contributed by atoms with van der Waals surface area (Å²) in [4.78, 5) is 79.8. The predicted molar refractivity (Wildman–Crippen MR) is 164 cm³/mol. The van der Waals surface area contributed by atoms with E-state index in [1.807, 2.05) is 6.08 Å². The number of hydrogen-bond acceptors (Lipinski definition) is 9. The number of allylic oxidation sites excluding steroid dienone is 2. The molecule has 0 bridgehead atoms. The highest BCUT2D eigenvalue weighted by molar-refractivity contribution is 6.08. The molecule has 0 radical (unpaired) electrons. The van der Waals surface area contributed by atoms with Crippen LogP contribution in [0.5, 0.6) is 17.2 Å². The van der Waals surface area contributed by atoms with Crippen molar-refractivity contribution in [3.63, 3.8) is 0 Å². The van der Waals surface area contributed by atoms with E-state index in [0.717, 1.165) is 5.57 Å². The number of amides is 4. The van der Waals surface area contributed by atoms with Gasteiger partial charge in [0, 0.05) is 49.5 Å². The molecule has 2 aliphatic heterocycles. The maximum Gasteiger partial charge on any atom is 0.303 e. The summed E-state index contributed by atoms with van der Waals surface area (Å²) in [5.74, 6) is -7.13. The number of carboxylic acid groups (broad SMARTS) is 2. The van der Waals surface area contributed by atoms with Crippen molar-refractivity contribution >= 4 is 35.6 Å². The van der Waals surface area contributed by atoms with Gasteiger partial charge in [-0.15, -0.1) is 0 Å². The number of aromatic hydroxyl groups is 1. The quantitative estimate of drug-likeness (QED) is 0.143. The number of carbonyl (C=O) groups excluding carboxylic acids is 4. The minimum absolute atomic E-state index is 0.00372. The van der Waals surface area contributed by atoms with Gasteiger partial charge in [0.2, 0.25) is 23.6 Å². The molecule has 3 fully saturated rings. The Morgan fingerprint density at radius 1 is 0.745 bits per heavy atom. The lowest BCUT2D eigenvalue weighted by Crippen LogP contribution is -2.43. The van der Waals surface area contributed by atoms with Crippen LogP contribution in [-0.2, 0) is 28.8 Å². The van der Waals surface area contributed by atoms with Crippen LogP contribution in [0, 0.1) is 29.6 Å². The van der Waals surface area contributed by atoms with Crippen LogP contribution < -0.4 is 9.47 Å². The average Bonchev–Trinajstić information content (AvgIpc) is 3.42. The Hall–Kier alpha value is -4.42. The van der Waals surface area contributed by atoms with Crippen LogP contribution >= 0.6 is 0 Å². The van der Waals surface area contributed by atoms with Crippen LogP contribution in [0.15, 0.2) is 23.8 Å². The number of carboxylic acids is 2. The fourth-order valence-electron chi connectivity index (χ4n) is 8.11. The second-order valence-electron chi connectivity index (χ2n) is 12.9. The predicted octanol–water partition coefficient (Wildman–Crippen LogP) is 3.34. The summed E-state index contributed by atoms with van der Waals surface area (Å²) in [6.45, 7) is 0.313. The molecule has 2 aliphatic carbocycles. The number of unbranched alkanes of at least 4 members (excludes halogenated alkanes) is 4. The summed E-state index contributed by atoms with van der Waals surface area (Å²) in [6.07, 6.45) is 5.22. The molecule has 0 aromatic heterocycles. The molecule has 5 rings (SSSR count). The van der Waals surface area contributed by atoms with Crippen molar-refractivity contribution in [1.29, 1.82) is 0 Å². The third kappa shape index (κ3) is 6.44. The van der Waals surface area contributed by atoms with E-state index in [9.17, 15) is 33.9 Å². The van der Waals surface area contributed by atoms with Gasteiger partial charge in [-0.3, -0.25) is 38.6 Å². The van der Waals surface area contributed by atoms with E-state index in [1.54, 1.807) is 6.07 Å². The summed E-state index contributed by atoms with van der Waals surface area (Å²) in [7, 11) is 2.87. The molecule has 2 saturated heterocycles. The van der Waals surface area contributed by atoms with Crippen molar-refractivity contribution in [1.82, 2.24) is 9.80 Å². The van der Waals surface area contributed by atoms with E-state index in [2.05, 4.69) is 0 Å². The first-order chi connectivity index (χ1) is 22.5. The Morgan fingerprint density at radius 2 is 1.32 bits per heavy atom. The Kier molecular flexibility index (Phi) is 10.2. The normalized spacial score (nSPS) is 26.6. The van der Waals surface area contributed by atoms with Gasteiger partial charge in [0.1, 0.15) is 17.2 Å². The van der Waals surface area contributed by atoms with Crippen LogP contribution in [0.3, 0.4) is 0 Å². The Labute approximate surface area is 272 Å². The number of benzene rings is 1. The van der Waals surface area contributed by atoms with E-state index in [-0.39, 0.29) is 68.0 Å². The molecule has 47 heavy (non-hydrogen) atoms. The van der Waals surface area contributed by atoms with Crippen molar-refractivity contribution in [2.75, 3.05) is 27.3 Å². The molecule has 4 amide bonds. The highest BCUT2D eigenvalue weighted by Gasteiger charge is 2.62. The fraction of sp³-hybridized carbons (Fsp3) is 0.588. The molecule has 1 aromatic carbocycles. The van der Waals surface area contributed by atoms with Crippen LogP contribution in [0.4, 0.5) is 0 Å². The minimum atomic E-state index is -0.911. The fourth-order valence-corrected chi connectivity index (χ4v) is 8.11. The van der Waals surface area contributed by atoms with E-state index in [0.29, 0.717) is 49.8 Å². The number of likely N-dealkylation sites (tertiary alicyclic amines) is 2. The molecule has 13 nitrogen and oxygen atoms in total. The molecule has 13 heteroatoms. The average molecular weight is 655 g/mol. The van der Waals surface area contributed by atoms with Crippen LogP contribution in [0.2, 0.25) is 0 Å². The molecule has 3 N–H and O–H groups in total. The lowest BCUT2D eigenvalue weighted by Gasteiger charge is -2.44. The molecule has 254 valence electrons. The largest absolute Gasteiger partial charge is 0.507 e. The van der Waals surface area contributed by atoms with Gasteiger partial charge in [-0.2, -0.15) is 0 Å². The van der Waals surface area contributed by atoms with Gasteiger partial charge in [-0.1, -0.05) is 24.5 Å². The van der Waals surface area contributed by atoms with Gasteiger partial charge in [0.15, 0.2) is 0 Å². The van der Waals surface area contributed by atoms with Gasteiger partial charge >= 0.3 is 11.9 Å². The summed E-state index contributed by atoms with van der Waals surface area (Å²) in [5, 5.41) is 29.2. The van der Waals surface area contributed by atoms with Gasteiger partial charge in [0.05, 0.1) is 37.9 Å². The monoisotopic (exact) mass is 654 g/mol. The highest BCUT2D eigenvalue weighted by Crippen LogP contribution is 2.60. The molecule has 1 aromatic rings. The second-order valence-corrected chi connectivity index (χ2v) is 12.9. The van der Waals surface area contributed by atoms with E-state index >= 15 is 0 Å². The second kappa shape index (κ2) is 14.1.